The Kier molecular flexibility index (Phi) is 5.49. The molecular formula is C14H22ClNOS. The lowest BCUT2D eigenvalue weighted by Gasteiger charge is -2.13. The van der Waals surface area contributed by atoms with E-state index >= 15 is 0 Å². The molecule has 0 saturated carbocycles. The van der Waals surface area contributed by atoms with Crippen LogP contribution in [0, 0.1) is 0 Å². The van der Waals surface area contributed by atoms with Gasteiger partial charge in [-0.15, -0.1) is 11.3 Å². The van der Waals surface area contributed by atoms with Gasteiger partial charge >= 0.3 is 0 Å². The van der Waals surface area contributed by atoms with Crippen LogP contribution in [0.25, 0.3) is 0 Å². The number of hydrogen-bond acceptors (Lipinski definition) is 3. The van der Waals surface area contributed by atoms with E-state index in [1.807, 2.05) is 0 Å². The molecule has 1 unspecified atom stereocenters. The molecular weight excluding hydrogens is 266 g/mol. The first-order valence-corrected chi connectivity index (χ1v) is 7.99. The molecule has 102 valence electrons. The second kappa shape index (κ2) is 6.90. The largest absolute Gasteiger partial charge is 0.379 e. The molecule has 0 radical (unpaired) electrons. The van der Waals surface area contributed by atoms with Crippen LogP contribution in [0.4, 0.5) is 0 Å². The molecule has 1 aromatic rings. The molecule has 1 atom stereocenters. The molecule has 2 rings (SSSR count). The summed E-state index contributed by atoms with van der Waals surface area (Å²) >= 11 is 7.79. The van der Waals surface area contributed by atoms with E-state index in [2.05, 4.69) is 25.2 Å². The lowest BCUT2D eigenvalue weighted by atomic mass is 10.1. The average molecular weight is 288 g/mol. The zero-order valence-electron chi connectivity index (χ0n) is 11.2. The summed E-state index contributed by atoms with van der Waals surface area (Å²) in [4.78, 5) is 1.47. The summed E-state index contributed by atoms with van der Waals surface area (Å²) in [6.45, 7) is 6.11. The van der Waals surface area contributed by atoms with E-state index in [1.165, 1.54) is 29.7 Å². The van der Waals surface area contributed by atoms with E-state index in [0.717, 1.165) is 23.9 Å². The van der Waals surface area contributed by atoms with E-state index < -0.39 is 0 Å². The van der Waals surface area contributed by atoms with E-state index in [0.29, 0.717) is 12.1 Å². The van der Waals surface area contributed by atoms with Crippen molar-refractivity contribution in [2.45, 2.75) is 51.7 Å². The van der Waals surface area contributed by atoms with Crippen LogP contribution < -0.4 is 5.32 Å². The Morgan fingerprint density at radius 2 is 2.33 bits per heavy atom. The Balaban J connectivity index is 1.63. The molecule has 2 nitrogen and oxygen atoms in total. The number of aryl methyl sites for hydroxylation is 1. The lowest BCUT2D eigenvalue weighted by Crippen LogP contribution is -2.20. The Hall–Kier alpha value is -0.0900. The van der Waals surface area contributed by atoms with Gasteiger partial charge in [-0.05, 0) is 57.7 Å². The molecule has 1 aliphatic rings. The highest BCUT2D eigenvalue weighted by Gasteiger charge is 2.24. The van der Waals surface area contributed by atoms with Crippen molar-refractivity contribution < 1.29 is 4.74 Å². The summed E-state index contributed by atoms with van der Waals surface area (Å²) in [5.74, 6) is 0. The first kappa shape index (κ1) is 14.3. The molecule has 1 heterocycles. The summed E-state index contributed by atoms with van der Waals surface area (Å²) < 4.78 is 6.46. The molecule has 0 aromatic carbocycles. The lowest BCUT2D eigenvalue weighted by molar-refractivity contribution is 0.0759. The average Bonchev–Trinajstić information content (AvgIpc) is 2.83. The van der Waals surface area contributed by atoms with Crippen molar-refractivity contribution in [3.05, 3.63) is 20.8 Å². The van der Waals surface area contributed by atoms with Crippen LogP contribution in [-0.2, 0) is 11.2 Å². The maximum atomic E-state index is 6.05. The van der Waals surface area contributed by atoms with Gasteiger partial charge in [0.25, 0.3) is 0 Å². The van der Waals surface area contributed by atoms with E-state index in [1.54, 1.807) is 11.3 Å². The molecule has 0 aliphatic heterocycles. The summed E-state index contributed by atoms with van der Waals surface area (Å²) in [6, 6.07) is 2.66. The van der Waals surface area contributed by atoms with Crippen molar-refractivity contribution in [2.24, 2.45) is 0 Å². The van der Waals surface area contributed by atoms with E-state index in [-0.39, 0.29) is 0 Å². The summed E-state index contributed by atoms with van der Waals surface area (Å²) in [5.41, 5.74) is 1.43. The number of unbranched alkanes of at least 4 members (excludes halogenated alkanes) is 1. The van der Waals surface area contributed by atoms with Crippen LogP contribution in [0.2, 0.25) is 4.34 Å². The second-order valence-electron chi connectivity index (χ2n) is 5.10. The summed E-state index contributed by atoms with van der Waals surface area (Å²) in [7, 11) is 0. The van der Waals surface area contributed by atoms with Crippen LogP contribution in [-0.4, -0.2) is 19.3 Å². The number of halogens is 1. The fourth-order valence-electron chi connectivity index (χ4n) is 2.36. The third-order valence-electron chi connectivity index (χ3n) is 3.26. The summed E-state index contributed by atoms with van der Waals surface area (Å²) in [5, 5.41) is 3.63. The van der Waals surface area contributed by atoms with E-state index in [9.17, 15) is 0 Å². The highest BCUT2D eigenvalue weighted by molar-refractivity contribution is 7.16. The number of ether oxygens (including phenoxy) is 1. The van der Waals surface area contributed by atoms with Gasteiger partial charge in [0.05, 0.1) is 10.4 Å². The number of hydrogen-bond donors (Lipinski definition) is 1. The number of nitrogens with one attached hydrogen (secondary N) is 1. The zero-order valence-corrected chi connectivity index (χ0v) is 12.7. The van der Waals surface area contributed by atoms with Gasteiger partial charge in [-0.1, -0.05) is 11.6 Å². The van der Waals surface area contributed by atoms with E-state index in [4.69, 9.17) is 16.3 Å². The highest BCUT2D eigenvalue weighted by atomic mass is 35.5. The standard InChI is InChI=1S/C14H22ClNOS/c1-10(2)17-8-4-3-7-16-12-5-6-13-11(12)9-14(15)18-13/h9-10,12,16H,3-8H2,1-2H3. The van der Waals surface area contributed by atoms with Crippen molar-refractivity contribution in [1.29, 1.82) is 0 Å². The Bertz CT molecular complexity index is 378. The number of fused-ring (bicyclic) bond motifs is 1. The SMILES string of the molecule is CC(C)OCCCCNC1CCc2sc(Cl)cc21. The van der Waals surface area contributed by atoms with Crippen LogP contribution >= 0.6 is 22.9 Å². The van der Waals surface area contributed by atoms with Crippen LogP contribution in [0.3, 0.4) is 0 Å². The second-order valence-corrected chi connectivity index (χ2v) is 6.87. The molecule has 0 spiro atoms. The fourth-order valence-corrected chi connectivity index (χ4v) is 3.72. The van der Waals surface area contributed by atoms with Crippen LogP contribution in [0.5, 0.6) is 0 Å². The summed E-state index contributed by atoms with van der Waals surface area (Å²) in [6.07, 6.45) is 5.07. The number of rotatable bonds is 7. The Labute approximate surface area is 119 Å². The minimum atomic E-state index is 0.350. The fraction of sp³-hybridized carbons (Fsp3) is 0.714. The molecule has 0 bridgehead atoms. The third-order valence-corrected chi connectivity index (χ3v) is 4.60. The van der Waals surface area contributed by atoms with Gasteiger partial charge in [-0.3, -0.25) is 0 Å². The Morgan fingerprint density at radius 3 is 3.11 bits per heavy atom. The van der Waals surface area contributed by atoms with Gasteiger partial charge in [0, 0.05) is 17.5 Å². The molecule has 0 fully saturated rings. The van der Waals surface area contributed by atoms with Crippen molar-refractivity contribution in [3.63, 3.8) is 0 Å². The van der Waals surface area contributed by atoms with Gasteiger partial charge in [0.15, 0.2) is 0 Å². The molecule has 0 saturated heterocycles. The highest BCUT2D eigenvalue weighted by Crippen LogP contribution is 2.39. The van der Waals surface area contributed by atoms with Crippen LogP contribution in [0.15, 0.2) is 6.07 Å². The minimum Gasteiger partial charge on any atom is -0.379 e. The maximum Gasteiger partial charge on any atom is 0.0934 e. The monoisotopic (exact) mass is 287 g/mol. The van der Waals surface area contributed by atoms with Crippen molar-refractivity contribution in [1.82, 2.24) is 5.32 Å². The van der Waals surface area contributed by atoms with Crippen molar-refractivity contribution >= 4 is 22.9 Å². The number of thiophene rings is 1. The first-order chi connectivity index (χ1) is 8.66. The van der Waals surface area contributed by atoms with Crippen molar-refractivity contribution in [2.75, 3.05) is 13.2 Å². The molecule has 4 heteroatoms. The van der Waals surface area contributed by atoms with Gasteiger partial charge in [-0.25, -0.2) is 0 Å². The van der Waals surface area contributed by atoms with Gasteiger partial charge in [-0.2, -0.15) is 0 Å². The maximum absolute atomic E-state index is 6.05. The zero-order chi connectivity index (χ0) is 13.0. The first-order valence-electron chi connectivity index (χ1n) is 6.80. The molecule has 1 aliphatic carbocycles. The predicted molar refractivity (Wildman–Crippen MR) is 78.7 cm³/mol. The minimum absolute atomic E-state index is 0.350. The van der Waals surface area contributed by atoms with Gasteiger partial charge in [0.1, 0.15) is 0 Å². The molecule has 1 N–H and O–H groups in total. The van der Waals surface area contributed by atoms with Gasteiger partial charge < -0.3 is 10.1 Å². The Morgan fingerprint density at radius 1 is 1.50 bits per heavy atom. The molecule has 1 aromatic heterocycles. The quantitative estimate of drug-likeness (QED) is 0.760. The topological polar surface area (TPSA) is 21.3 Å². The smallest absolute Gasteiger partial charge is 0.0934 e. The molecule has 18 heavy (non-hydrogen) atoms. The van der Waals surface area contributed by atoms with Crippen LogP contribution in [0.1, 0.15) is 49.6 Å². The predicted octanol–water partition coefficient (Wildman–Crippen LogP) is 4.18. The van der Waals surface area contributed by atoms with Gasteiger partial charge in [0.2, 0.25) is 0 Å². The normalized spacial score (nSPS) is 18.6. The molecule has 0 amide bonds. The third kappa shape index (κ3) is 3.95. The van der Waals surface area contributed by atoms with Crippen molar-refractivity contribution in [3.8, 4) is 0 Å².